The van der Waals surface area contributed by atoms with Crippen LogP contribution in [0.5, 0.6) is 5.75 Å². The first-order chi connectivity index (χ1) is 23.1. The molecule has 2 amide bonds. The number of carbonyl (C=O) groups excluding carboxylic acids is 3. The fourth-order valence-electron chi connectivity index (χ4n) is 6.82. The maximum absolute atomic E-state index is 13.5. The largest absolute Gasteiger partial charge is 0.491 e. The summed E-state index contributed by atoms with van der Waals surface area (Å²) in [5, 5.41) is 3.72. The van der Waals surface area contributed by atoms with Crippen molar-refractivity contribution >= 4 is 28.9 Å². The second-order valence-corrected chi connectivity index (χ2v) is 14.3. The van der Waals surface area contributed by atoms with Crippen molar-refractivity contribution in [2.75, 3.05) is 53.1 Å². The summed E-state index contributed by atoms with van der Waals surface area (Å²) in [6.45, 7) is 10.6. The van der Waals surface area contributed by atoms with Gasteiger partial charge in [-0.05, 0) is 62.0 Å². The number of aromatic amines is 1. The minimum absolute atomic E-state index is 0.102. The Labute approximate surface area is 282 Å². The average molecular weight is 669 g/mol. The molecular weight excluding hydrogens is 616 g/mol. The monoisotopic (exact) mass is 668 g/mol. The summed E-state index contributed by atoms with van der Waals surface area (Å²) in [4.78, 5) is 58.5. The van der Waals surface area contributed by atoms with Crippen molar-refractivity contribution in [2.45, 2.75) is 90.3 Å². The SMILES string of the molecule is COC(=O)[C@@H]1CCCN1C(=O)[C@@H](NC(=O)OC1C[C@H]1CCCCCc1c(OCCN2CCOCC2)c2ccccc2[nH]c1=O)C(C)(C)C. The number of pyridine rings is 1. The quantitative estimate of drug-likeness (QED) is 0.226. The number of nitrogens with one attached hydrogen (secondary N) is 2. The Bertz CT molecular complexity index is 1480. The molecule has 12 heteroatoms. The van der Waals surface area contributed by atoms with Crippen LogP contribution in [0, 0.1) is 11.3 Å². The number of benzene rings is 1. The molecule has 12 nitrogen and oxygen atoms in total. The molecule has 1 saturated carbocycles. The number of hydrogen-bond donors (Lipinski definition) is 2. The van der Waals surface area contributed by atoms with Crippen molar-refractivity contribution in [3.05, 3.63) is 40.2 Å². The van der Waals surface area contributed by atoms with E-state index in [4.69, 9.17) is 18.9 Å². The van der Waals surface area contributed by atoms with Gasteiger partial charge in [0.25, 0.3) is 5.56 Å². The van der Waals surface area contributed by atoms with E-state index in [0.29, 0.717) is 43.7 Å². The van der Waals surface area contributed by atoms with Gasteiger partial charge in [0.1, 0.15) is 30.5 Å². The summed E-state index contributed by atoms with van der Waals surface area (Å²) in [6, 6.07) is 6.30. The number of amides is 2. The van der Waals surface area contributed by atoms with Gasteiger partial charge in [-0.25, -0.2) is 9.59 Å². The summed E-state index contributed by atoms with van der Waals surface area (Å²) in [5.74, 6) is 0.233. The maximum atomic E-state index is 13.5. The molecule has 0 bridgehead atoms. The van der Waals surface area contributed by atoms with Gasteiger partial charge in [-0.2, -0.15) is 0 Å². The van der Waals surface area contributed by atoms with Gasteiger partial charge in [-0.3, -0.25) is 14.5 Å². The number of rotatable bonds is 14. The number of alkyl carbamates (subject to hydrolysis) is 1. The van der Waals surface area contributed by atoms with Gasteiger partial charge >= 0.3 is 12.1 Å². The van der Waals surface area contributed by atoms with Crippen LogP contribution < -0.4 is 15.6 Å². The van der Waals surface area contributed by atoms with Crippen LogP contribution in [-0.4, -0.2) is 104 Å². The summed E-state index contributed by atoms with van der Waals surface area (Å²) < 4.78 is 22.3. The Morgan fingerprint density at radius 1 is 1.08 bits per heavy atom. The molecule has 3 aliphatic rings. The summed E-state index contributed by atoms with van der Waals surface area (Å²) in [7, 11) is 1.32. The Morgan fingerprint density at radius 3 is 2.60 bits per heavy atom. The number of ether oxygens (including phenoxy) is 4. The number of fused-ring (bicyclic) bond motifs is 1. The Balaban J connectivity index is 1.07. The molecule has 2 aromatic rings. The van der Waals surface area contributed by atoms with E-state index >= 15 is 0 Å². The smallest absolute Gasteiger partial charge is 0.408 e. The first-order valence-electron chi connectivity index (χ1n) is 17.5. The minimum Gasteiger partial charge on any atom is -0.491 e. The maximum Gasteiger partial charge on any atom is 0.408 e. The van der Waals surface area contributed by atoms with Gasteiger partial charge < -0.3 is 34.1 Å². The molecule has 2 saturated heterocycles. The van der Waals surface area contributed by atoms with E-state index in [2.05, 4.69) is 15.2 Å². The molecule has 0 radical (unpaired) electrons. The molecule has 1 aromatic heterocycles. The third-order valence-electron chi connectivity index (χ3n) is 9.73. The van der Waals surface area contributed by atoms with Crippen LogP contribution in [0.15, 0.2) is 29.1 Å². The third kappa shape index (κ3) is 9.07. The molecule has 1 aliphatic carbocycles. The van der Waals surface area contributed by atoms with Crippen LogP contribution in [-0.2, 0) is 30.2 Å². The van der Waals surface area contributed by atoms with E-state index in [1.165, 1.54) is 12.0 Å². The number of hydrogen-bond acceptors (Lipinski definition) is 9. The van der Waals surface area contributed by atoms with Gasteiger partial charge in [0.15, 0.2) is 0 Å². The molecule has 3 heterocycles. The third-order valence-corrected chi connectivity index (χ3v) is 9.73. The van der Waals surface area contributed by atoms with Gasteiger partial charge in [0.05, 0.1) is 31.4 Å². The lowest BCUT2D eigenvalue weighted by Crippen LogP contribution is -2.57. The van der Waals surface area contributed by atoms with Gasteiger partial charge in [0.2, 0.25) is 5.91 Å². The lowest BCUT2D eigenvalue weighted by molar-refractivity contribution is -0.152. The normalized spacial score (nSPS) is 21.9. The van der Waals surface area contributed by atoms with Crippen LogP contribution in [0.1, 0.15) is 71.3 Å². The Hall–Kier alpha value is -3.64. The van der Waals surface area contributed by atoms with Crippen molar-refractivity contribution in [3.8, 4) is 5.75 Å². The van der Waals surface area contributed by atoms with Crippen LogP contribution in [0.2, 0.25) is 0 Å². The zero-order chi connectivity index (χ0) is 34.3. The zero-order valence-corrected chi connectivity index (χ0v) is 28.9. The molecule has 2 aliphatic heterocycles. The van der Waals surface area contributed by atoms with Crippen molar-refractivity contribution in [1.82, 2.24) is 20.1 Å². The molecule has 1 aromatic carbocycles. The van der Waals surface area contributed by atoms with Crippen molar-refractivity contribution < 1.29 is 33.3 Å². The number of esters is 1. The number of aromatic nitrogens is 1. The van der Waals surface area contributed by atoms with E-state index in [1.54, 1.807) is 0 Å². The van der Waals surface area contributed by atoms with Crippen LogP contribution in [0.25, 0.3) is 10.9 Å². The van der Waals surface area contributed by atoms with E-state index < -0.39 is 29.6 Å². The first kappa shape index (κ1) is 35.7. The molecule has 3 fully saturated rings. The molecule has 1 unspecified atom stereocenters. The molecule has 264 valence electrons. The van der Waals surface area contributed by atoms with Crippen LogP contribution in [0.3, 0.4) is 0 Å². The second-order valence-electron chi connectivity index (χ2n) is 14.3. The summed E-state index contributed by atoms with van der Waals surface area (Å²) in [5.41, 5.74) is 0.781. The first-order valence-corrected chi connectivity index (χ1v) is 17.5. The Morgan fingerprint density at radius 2 is 1.85 bits per heavy atom. The van der Waals surface area contributed by atoms with E-state index in [0.717, 1.165) is 75.9 Å². The van der Waals surface area contributed by atoms with Crippen molar-refractivity contribution in [2.24, 2.45) is 11.3 Å². The minimum atomic E-state index is -0.834. The van der Waals surface area contributed by atoms with Crippen molar-refractivity contribution in [1.29, 1.82) is 0 Å². The van der Waals surface area contributed by atoms with E-state index in [1.807, 2.05) is 45.0 Å². The molecular formula is C36H52N4O8. The predicted octanol–water partition coefficient (Wildman–Crippen LogP) is 4.04. The number of H-pyrrole nitrogens is 1. The molecule has 5 rings (SSSR count). The molecule has 2 N–H and O–H groups in total. The van der Waals surface area contributed by atoms with E-state index in [-0.39, 0.29) is 23.5 Å². The number of para-hydroxylation sites is 1. The highest BCUT2D eigenvalue weighted by atomic mass is 16.6. The van der Waals surface area contributed by atoms with Crippen LogP contribution >= 0.6 is 0 Å². The molecule has 4 atom stereocenters. The summed E-state index contributed by atoms with van der Waals surface area (Å²) >= 11 is 0. The highest BCUT2D eigenvalue weighted by Gasteiger charge is 2.44. The molecule has 0 spiro atoms. The second kappa shape index (κ2) is 16.2. The number of unbranched alkanes of at least 4 members (excludes halogenated alkanes) is 2. The predicted molar refractivity (Wildman–Crippen MR) is 181 cm³/mol. The standard InChI is InChI=1S/C36H52N4O8/c1-36(2,3)31(33(42)40-16-10-15-28(40)34(43)45-4)38-35(44)48-29-23-24(29)11-6-5-7-13-26-30(47-22-19-39-17-20-46-21-18-39)25-12-8-9-14-27(25)37-32(26)41/h8-9,12,14,24,28-29,31H,5-7,10-11,13,15-23H2,1-4H3,(H,37,41)(H,38,44)/t24-,28+,29?,31-/m1/s1. The van der Waals surface area contributed by atoms with Crippen LogP contribution in [0.4, 0.5) is 4.79 Å². The number of morpholine rings is 1. The average Bonchev–Trinajstić information content (AvgIpc) is 3.60. The zero-order valence-electron chi connectivity index (χ0n) is 28.9. The number of likely N-dealkylation sites (tertiary alicyclic amines) is 1. The number of carbonyl (C=O) groups is 3. The fraction of sp³-hybridized carbons (Fsp3) is 0.667. The van der Waals surface area contributed by atoms with E-state index in [9.17, 15) is 19.2 Å². The van der Waals surface area contributed by atoms with Gasteiger partial charge in [-0.15, -0.1) is 0 Å². The number of methoxy groups -OCH3 is 1. The summed E-state index contributed by atoms with van der Waals surface area (Å²) in [6.07, 6.45) is 5.55. The lowest BCUT2D eigenvalue weighted by atomic mass is 9.85. The van der Waals surface area contributed by atoms with Gasteiger partial charge in [0, 0.05) is 31.6 Å². The fourth-order valence-corrected chi connectivity index (χ4v) is 6.82. The highest BCUT2D eigenvalue weighted by molar-refractivity contribution is 5.91. The van der Waals surface area contributed by atoms with Crippen molar-refractivity contribution in [3.63, 3.8) is 0 Å². The topological polar surface area (TPSA) is 140 Å². The molecule has 48 heavy (non-hydrogen) atoms. The highest BCUT2D eigenvalue weighted by Crippen LogP contribution is 2.38. The van der Waals surface area contributed by atoms with Gasteiger partial charge in [-0.1, -0.05) is 45.7 Å². The lowest BCUT2D eigenvalue weighted by Gasteiger charge is -2.34. The Kier molecular flexibility index (Phi) is 12.0. The number of nitrogens with zero attached hydrogens (tertiary/aromatic N) is 2.